The van der Waals surface area contributed by atoms with Crippen LogP contribution in [0.3, 0.4) is 0 Å². The fourth-order valence-electron chi connectivity index (χ4n) is 1.94. The Morgan fingerprint density at radius 3 is 2.64 bits per heavy atom. The van der Waals surface area contributed by atoms with Crippen LogP contribution in [0.1, 0.15) is 11.3 Å². The third-order valence-electron chi connectivity index (χ3n) is 3.17. The molecular weight excluding hydrogens is 344 g/mol. The van der Waals surface area contributed by atoms with Crippen molar-refractivity contribution in [3.63, 3.8) is 0 Å². The third-order valence-corrected chi connectivity index (χ3v) is 3.98. The zero-order valence-electron chi connectivity index (χ0n) is 14.1. The Hall–Kier alpha value is -2.87. The molecule has 0 aliphatic heterocycles. The molecule has 25 heavy (non-hydrogen) atoms. The number of esters is 1. The van der Waals surface area contributed by atoms with Crippen molar-refractivity contribution < 1.29 is 23.8 Å². The molecule has 0 bridgehead atoms. The number of amides is 1. The number of hydrogen-bond donors (Lipinski definition) is 1. The summed E-state index contributed by atoms with van der Waals surface area (Å²) < 4.78 is 15.0. The second-order valence-electron chi connectivity index (χ2n) is 4.83. The van der Waals surface area contributed by atoms with Crippen LogP contribution in [0.2, 0.25) is 0 Å². The predicted octanol–water partition coefficient (Wildman–Crippen LogP) is 2.53. The van der Waals surface area contributed by atoms with Crippen LogP contribution >= 0.6 is 11.3 Å². The average Bonchev–Trinajstić information content (AvgIpc) is 3.06. The van der Waals surface area contributed by atoms with E-state index in [-0.39, 0.29) is 18.3 Å². The Balaban J connectivity index is 1.98. The second-order valence-corrected chi connectivity index (χ2v) is 5.69. The fourth-order valence-corrected chi connectivity index (χ4v) is 2.65. The van der Waals surface area contributed by atoms with Gasteiger partial charge in [-0.05, 0) is 23.8 Å². The van der Waals surface area contributed by atoms with Crippen LogP contribution in [0.5, 0.6) is 11.5 Å². The van der Waals surface area contributed by atoms with Gasteiger partial charge in [-0.1, -0.05) is 6.07 Å². The molecular formula is C17H18N2O5S. The number of carbonyl (C=O) groups excluding carboxylic acids is 2. The SMILES string of the molecule is COC(=O)Cc1csc(NC(=O)/C=C/c2ccc(OC)c(OC)c2)n1. The molecule has 0 aliphatic rings. The van der Waals surface area contributed by atoms with Gasteiger partial charge in [-0.25, -0.2) is 4.98 Å². The van der Waals surface area contributed by atoms with Crippen molar-refractivity contribution in [2.24, 2.45) is 0 Å². The summed E-state index contributed by atoms with van der Waals surface area (Å²) in [5, 5.41) is 4.77. The number of nitrogens with one attached hydrogen (secondary N) is 1. The number of benzene rings is 1. The second kappa shape index (κ2) is 8.84. The topological polar surface area (TPSA) is 86.8 Å². The zero-order valence-corrected chi connectivity index (χ0v) is 14.9. The number of rotatable bonds is 7. The van der Waals surface area contributed by atoms with Gasteiger partial charge in [0.2, 0.25) is 5.91 Å². The summed E-state index contributed by atoms with van der Waals surface area (Å²) >= 11 is 1.24. The summed E-state index contributed by atoms with van der Waals surface area (Å²) in [6.45, 7) is 0. The van der Waals surface area contributed by atoms with E-state index in [4.69, 9.17) is 9.47 Å². The molecule has 1 amide bonds. The van der Waals surface area contributed by atoms with Crippen molar-refractivity contribution in [2.45, 2.75) is 6.42 Å². The highest BCUT2D eigenvalue weighted by Crippen LogP contribution is 2.28. The Labute approximate surface area is 149 Å². The summed E-state index contributed by atoms with van der Waals surface area (Å²) in [6.07, 6.45) is 3.12. The van der Waals surface area contributed by atoms with Crippen LogP contribution in [0.25, 0.3) is 6.08 Å². The summed E-state index contributed by atoms with van der Waals surface area (Å²) in [4.78, 5) is 27.3. The van der Waals surface area contributed by atoms with E-state index >= 15 is 0 Å². The van der Waals surface area contributed by atoms with Gasteiger partial charge in [0.25, 0.3) is 0 Å². The molecule has 0 radical (unpaired) electrons. The van der Waals surface area contributed by atoms with Crippen molar-refractivity contribution in [3.05, 3.63) is 40.9 Å². The number of aromatic nitrogens is 1. The first-order valence-corrected chi connectivity index (χ1v) is 8.16. The Bertz CT molecular complexity index is 785. The van der Waals surface area contributed by atoms with Gasteiger partial charge in [-0.3, -0.25) is 14.9 Å². The Morgan fingerprint density at radius 2 is 1.96 bits per heavy atom. The highest BCUT2D eigenvalue weighted by Gasteiger charge is 2.09. The summed E-state index contributed by atoms with van der Waals surface area (Å²) in [6, 6.07) is 5.33. The number of ether oxygens (including phenoxy) is 3. The number of anilines is 1. The molecule has 132 valence electrons. The lowest BCUT2D eigenvalue weighted by Gasteiger charge is -2.07. The molecule has 0 saturated carbocycles. The van der Waals surface area contributed by atoms with Gasteiger partial charge < -0.3 is 14.2 Å². The van der Waals surface area contributed by atoms with Gasteiger partial charge in [-0.2, -0.15) is 0 Å². The van der Waals surface area contributed by atoms with Crippen LogP contribution < -0.4 is 14.8 Å². The smallest absolute Gasteiger partial charge is 0.311 e. The van der Waals surface area contributed by atoms with Crippen LogP contribution in [0.4, 0.5) is 5.13 Å². The fraction of sp³-hybridized carbons (Fsp3) is 0.235. The number of nitrogens with zero attached hydrogens (tertiary/aromatic N) is 1. The molecule has 0 aliphatic carbocycles. The molecule has 2 rings (SSSR count). The molecule has 8 heteroatoms. The van der Waals surface area contributed by atoms with Crippen molar-refractivity contribution in [1.29, 1.82) is 0 Å². The molecule has 1 N–H and O–H groups in total. The third kappa shape index (κ3) is 5.32. The minimum absolute atomic E-state index is 0.0738. The van der Waals surface area contributed by atoms with E-state index in [1.165, 1.54) is 24.5 Å². The molecule has 0 saturated heterocycles. The lowest BCUT2D eigenvalue weighted by molar-refractivity contribution is -0.139. The van der Waals surface area contributed by atoms with Crippen LogP contribution in [-0.4, -0.2) is 38.2 Å². The molecule has 1 aromatic heterocycles. The van der Waals surface area contributed by atoms with E-state index in [1.54, 1.807) is 37.8 Å². The first-order valence-electron chi connectivity index (χ1n) is 7.28. The molecule has 0 unspecified atom stereocenters. The van der Waals surface area contributed by atoms with Gasteiger partial charge in [0.15, 0.2) is 16.6 Å². The van der Waals surface area contributed by atoms with Gasteiger partial charge in [0.1, 0.15) is 0 Å². The van der Waals surface area contributed by atoms with Gasteiger partial charge in [0, 0.05) is 11.5 Å². The molecule has 2 aromatic rings. The van der Waals surface area contributed by atoms with Gasteiger partial charge in [-0.15, -0.1) is 11.3 Å². The lowest BCUT2D eigenvalue weighted by atomic mass is 10.2. The van der Waals surface area contributed by atoms with Crippen molar-refractivity contribution >= 4 is 34.4 Å². The number of hydrogen-bond acceptors (Lipinski definition) is 7. The Morgan fingerprint density at radius 1 is 1.20 bits per heavy atom. The van der Waals surface area contributed by atoms with Crippen LogP contribution in [0, 0.1) is 0 Å². The van der Waals surface area contributed by atoms with Gasteiger partial charge >= 0.3 is 5.97 Å². The summed E-state index contributed by atoms with van der Waals surface area (Å²) in [5.41, 5.74) is 1.34. The molecule has 7 nitrogen and oxygen atoms in total. The normalized spacial score (nSPS) is 10.5. The number of carbonyl (C=O) groups is 2. The standard InChI is InChI=1S/C17H18N2O5S/c1-22-13-6-4-11(8-14(13)23-2)5-7-15(20)19-17-18-12(10-25-17)9-16(21)24-3/h4-8,10H,9H2,1-3H3,(H,18,19,20)/b7-5+. The van der Waals surface area contributed by atoms with E-state index < -0.39 is 0 Å². The van der Waals surface area contributed by atoms with Gasteiger partial charge in [0.05, 0.1) is 33.4 Å². The van der Waals surface area contributed by atoms with E-state index in [2.05, 4.69) is 15.0 Å². The minimum Gasteiger partial charge on any atom is -0.493 e. The maximum Gasteiger partial charge on any atom is 0.311 e. The maximum absolute atomic E-state index is 12.0. The van der Waals surface area contributed by atoms with E-state index in [0.29, 0.717) is 22.3 Å². The van der Waals surface area contributed by atoms with Crippen LogP contribution in [-0.2, 0) is 20.7 Å². The Kier molecular flexibility index (Phi) is 6.53. The van der Waals surface area contributed by atoms with Crippen molar-refractivity contribution in [1.82, 2.24) is 4.98 Å². The highest BCUT2D eigenvalue weighted by molar-refractivity contribution is 7.14. The maximum atomic E-state index is 12.0. The summed E-state index contributed by atoms with van der Waals surface area (Å²) in [7, 11) is 4.42. The molecule has 0 fully saturated rings. The number of thiazole rings is 1. The number of methoxy groups -OCH3 is 3. The predicted molar refractivity (Wildman–Crippen MR) is 95.0 cm³/mol. The summed E-state index contributed by atoms with van der Waals surface area (Å²) in [5.74, 6) is 0.493. The molecule has 1 aromatic carbocycles. The largest absolute Gasteiger partial charge is 0.493 e. The van der Waals surface area contributed by atoms with Crippen molar-refractivity contribution in [3.8, 4) is 11.5 Å². The van der Waals surface area contributed by atoms with Crippen molar-refractivity contribution in [2.75, 3.05) is 26.6 Å². The zero-order chi connectivity index (χ0) is 18.2. The average molecular weight is 362 g/mol. The van der Waals surface area contributed by atoms with E-state index in [9.17, 15) is 9.59 Å². The monoisotopic (exact) mass is 362 g/mol. The highest BCUT2D eigenvalue weighted by atomic mass is 32.1. The molecule has 0 atom stereocenters. The minimum atomic E-state index is -0.378. The quantitative estimate of drug-likeness (QED) is 0.602. The van der Waals surface area contributed by atoms with E-state index in [1.807, 2.05) is 6.07 Å². The first-order chi connectivity index (χ1) is 12.0. The van der Waals surface area contributed by atoms with Crippen LogP contribution in [0.15, 0.2) is 29.7 Å². The first kappa shape index (κ1) is 18.5. The molecule has 0 spiro atoms. The van der Waals surface area contributed by atoms with E-state index in [0.717, 1.165) is 5.56 Å². The molecule has 1 heterocycles. The lowest BCUT2D eigenvalue weighted by Crippen LogP contribution is -2.08.